The molecule has 4 nitrogen and oxygen atoms in total. The van der Waals surface area contributed by atoms with Gasteiger partial charge in [-0.1, -0.05) is 0 Å². The van der Waals surface area contributed by atoms with Crippen molar-refractivity contribution >= 4 is 0 Å². The van der Waals surface area contributed by atoms with Gasteiger partial charge in [-0.05, 0) is 13.0 Å². The second-order valence-electron chi connectivity index (χ2n) is 1.98. The van der Waals surface area contributed by atoms with E-state index in [1.165, 1.54) is 14.2 Å². The molecular weight excluding hydrogens is 134 g/mol. The highest BCUT2D eigenvalue weighted by atomic mass is 16.6. The lowest BCUT2D eigenvalue weighted by molar-refractivity contribution is -0.155. The van der Waals surface area contributed by atoms with Crippen molar-refractivity contribution in [1.29, 1.82) is 0 Å². The van der Waals surface area contributed by atoms with E-state index in [-0.39, 0.29) is 6.10 Å². The van der Waals surface area contributed by atoms with E-state index in [9.17, 15) is 0 Å². The molecule has 4 heteroatoms. The summed E-state index contributed by atoms with van der Waals surface area (Å²) in [6.07, 6.45) is -0.575. The lowest BCUT2D eigenvalue weighted by atomic mass is 10.2. The van der Waals surface area contributed by atoms with Crippen LogP contribution >= 0.6 is 0 Å². The minimum atomic E-state index is -0.867. The molecule has 0 heterocycles. The molecule has 0 aliphatic heterocycles. The standard InChI is InChI=1S/C6H15NO3/c1-9-5(3-4-7)6(8)10-2/h5-6,8H,3-4,7H2,1-2H3. The van der Waals surface area contributed by atoms with Crippen LogP contribution in [0.3, 0.4) is 0 Å². The van der Waals surface area contributed by atoms with E-state index < -0.39 is 6.29 Å². The zero-order chi connectivity index (χ0) is 7.98. The first kappa shape index (κ1) is 9.84. The SMILES string of the molecule is COC(O)C(CCN)OC. The number of methoxy groups -OCH3 is 2. The highest BCUT2D eigenvalue weighted by Gasteiger charge is 2.15. The first-order valence-corrected chi connectivity index (χ1v) is 3.20. The van der Waals surface area contributed by atoms with Gasteiger partial charge in [-0.25, -0.2) is 0 Å². The monoisotopic (exact) mass is 149 g/mol. The van der Waals surface area contributed by atoms with E-state index in [1.807, 2.05) is 0 Å². The van der Waals surface area contributed by atoms with Crippen LogP contribution in [0.2, 0.25) is 0 Å². The van der Waals surface area contributed by atoms with Gasteiger partial charge in [0.05, 0.1) is 0 Å². The van der Waals surface area contributed by atoms with Crippen molar-refractivity contribution in [2.45, 2.75) is 18.8 Å². The molecule has 2 atom stereocenters. The average molecular weight is 149 g/mol. The van der Waals surface area contributed by atoms with Crippen LogP contribution in [0.5, 0.6) is 0 Å². The zero-order valence-electron chi connectivity index (χ0n) is 6.41. The van der Waals surface area contributed by atoms with E-state index in [0.29, 0.717) is 13.0 Å². The van der Waals surface area contributed by atoms with Gasteiger partial charge >= 0.3 is 0 Å². The second-order valence-corrected chi connectivity index (χ2v) is 1.98. The summed E-state index contributed by atoms with van der Waals surface area (Å²) in [6, 6.07) is 0. The van der Waals surface area contributed by atoms with Gasteiger partial charge < -0.3 is 20.3 Å². The average Bonchev–Trinajstić information content (AvgIpc) is 1.99. The van der Waals surface area contributed by atoms with Gasteiger partial charge in [0.15, 0.2) is 6.29 Å². The maximum atomic E-state index is 9.05. The van der Waals surface area contributed by atoms with Crippen LogP contribution in [0, 0.1) is 0 Å². The Morgan fingerprint density at radius 2 is 2.00 bits per heavy atom. The minimum absolute atomic E-state index is 0.310. The van der Waals surface area contributed by atoms with Crippen molar-refractivity contribution in [3.63, 3.8) is 0 Å². The van der Waals surface area contributed by atoms with Crippen molar-refractivity contribution in [3.05, 3.63) is 0 Å². The number of aliphatic hydroxyl groups excluding tert-OH is 1. The third-order valence-corrected chi connectivity index (χ3v) is 1.31. The zero-order valence-corrected chi connectivity index (χ0v) is 6.41. The molecule has 0 rings (SSSR count). The van der Waals surface area contributed by atoms with Crippen LogP contribution in [-0.2, 0) is 9.47 Å². The molecule has 0 fully saturated rings. The molecule has 0 aliphatic carbocycles. The Morgan fingerprint density at radius 3 is 2.30 bits per heavy atom. The summed E-state index contributed by atoms with van der Waals surface area (Å²) >= 11 is 0. The maximum absolute atomic E-state index is 9.05. The molecule has 3 N–H and O–H groups in total. The summed E-state index contributed by atoms with van der Waals surface area (Å²) in [5.41, 5.74) is 5.25. The molecule has 0 saturated carbocycles. The Labute approximate surface area is 60.9 Å². The van der Waals surface area contributed by atoms with Crippen LogP contribution in [0.25, 0.3) is 0 Å². The summed E-state index contributed by atoms with van der Waals surface area (Å²) in [7, 11) is 2.94. The fourth-order valence-corrected chi connectivity index (χ4v) is 0.693. The van der Waals surface area contributed by atoms with Crippen molar-refractivity contribution in [3.8, 4) is 0 Å². The summed E-state index contributed by atoms with van der Waals surface area (Å²) < 4.78 is 9.52. The number of nitrogens with two attached hydrogens (primary N) is 1. The highest BCUT2D eigenvalue weighted by molar-refractivity contribution is 4.59. The number of ether oxygens (including phenoxy) is 2. The molecule has 0 bridgehead atoms. The van der Waals surface area contributed by atoms with Crippen LogP contribution in [-0.4, -0.2) is 38.3 Å². The van der Waals surface area contributed by atoms with Crippen molar-refractivity contribution < 1.29 is 14.6 Å². The van der Waals surface area contributed by atoms with Gasteiger partial charge in [0, 0.05) is 14.2 Å². The van der Waals surface area contributed by atoms with Gasteiger partial charge in [-0.15, -0.1) is 0 Å². The lowest BCUT2D eigenvalue weighted by Gasteiger charge is -2.18. The predicted octanol–water partition coefficient (Wildman–Crippen LogP) is -0.685. The van der Waals surface area contributed by atoms with Gasteiger partial charge in [-0.3, -0.25) is 0 Å². The number of hydrogen-bond donors (Lipinski definition) is 2. The molecule has 0 aromatic rings. The smallest absolute Gasteiger partial charge is 0.180 e. The molecule has 2 unspecified atom stereocenters. The summed E-state index contributed by atoms with van der Waals surface area (Å²) in [4.78, 5) is 0. The molecule has 0 spiro atoms. The maximum Gasteiger partial charge on any atom is 0.180 e. The van der Waals surface area contributed by atoms with E-state index in [1.54, 1.807) is 0 Å². The molecular formula is C6H15NO3. The van der Waals surface area contributed by atoms with Gasteiger partial charge in [0.25, 0.3) is 0 Å². The molecule has 0 aromatic heterocycles. The topological polar surface area (TPSA) is 64.7 Å². The summed E-state index contributed by atoms with van der Waals surface area (Å²) in [5, 5.41) is 9.05. The van der Waals surface area contributed by atoms with E-state index in [0.717, 1.165) is 0 Å². The molecule has 0 amide bonds. The third kappa shape index (κ3) is 3.12. The van der Waals surface area contributed by atoms with Gasteiger partial charge in [-0.2, -0.15) is 0 Å². The van der Waals surface area contributed by atoms with Crippen molar-refractivity contribution in [2.75, 3.05) is 20.8 Å². The predicted molar refractivity (Wildman–Crippen MR) is 37.5 cm³/mol. The van der Waals surface area contributed by atoms with E-state index in [4.69, 9.17) is 15.6 Å². The quantitative estimate of drug-likeness (QED) is 0.508. The first-order chi connectivity index (χ1) is 4.76. The molecule has 0 aliphatic rings. The van der Waals surface area contributed by atoms with E-state index in [2.05, 4.69) is 4.74 Å². The van der Waals surface area contributed by atoms with Crippen LogP contribution < -0.4 is 5.73 Å². The third-order valence-electron chi connectivity index (χ3n) is 1.31. The molecule has 0 radical (unpaired) electrons. The van der Waals surface area contributed by atoms with Crippen molar-refractivity contribution in [1.82, 2.24) is 0 Å². The second kappa shape index (κ2) is 5.61. The number of hydrogen-bond acceptors (Lipinski definition) is 4. The van der Waals surface area contributed by atoms with E-state index >= 15 is 0 Å². The molecule has 0 saturated heterocycles. The number of rotatable bonds is 5. The normalized spacial score (nSPS) is 16.8. The Kier molecular flexibility index (Phi) is 5.52. The summed E-state index contributed by atoms with van der Waals surface area (Å²) in [6.45, 7) is 0.485. The molecule has 62 valence electrons. The Morgan fingerprint density at radius 1 is 1.40 bits per heavy atom. The fraction of sp³-hybridized carbons (Fsp3) is 1.00. The Hall–Kier alpha value is -0.160. The molecule has 0 aromatic carbocycles. The molecule has 10 heavy (non-hydrogen) atoms. The summed E-state index contributed by atoms with van der Waals surface area (Å²) in [5.74, 6) is 0. The van der Waals surface area contributed by atoms with Crippen molar-refractivity contribution in [2.24, 2.45) is 5.73 Å². The van der Waals surface area contributed by atoms with Crippen LogP contribution in [0.15, 0.2) is 0 Å². The number of aliphatic hydroxyl groups is 1. The largest absolute Gasteiger partial charge is 0.376 e. The minimum Gasteiger partial charge on any atom is -0.376 e. The highest BCUT2D eigenvalue weighted by Crippen LogP contribution is 2.02. The van der Waals surface area contributed by atoms with Gasteiger partial charge in [0.2, 0.25) is 0 Å². The van der Waals surface area contributed by atoms with Crippen LogP contribution in [0.4, 0.5) is 0 Å². The Bertz CT molecular complexity index is 79.4. The fourth-order valence-electron chi connectivity index (χ4n) is 0.693. The Balaban J connectivity index is 3.56. The van der Waals surface area contributed by atoms with Crippen LogP contribution in [0.1, 0.15) is 6.42 Å². The lowest BCUT2D eigenvalue weighted by Crippen LogP contribution is -2.31. The van der Waals surface area contributed by atoms with Gasteiger partial charge in [0.1, 0.15) is 6.10 Å². The first-order valence-electron chi connectivity index (χ1n) is 3.20.